The molecule has 1 fully saturated rings. The van der Waals surface area contributed by atoms with Crippen molar-refractivity contribution >= 4 is 11.8 Å². The minimum atomic E-state index is -0.411. The third-order valence-electron chi connectivity index (χ3n) is 3.55. The van der Waals surface area contributed by atoms with E-state index in [0.717, 1.165) is 17.7 Å². The van der Waals surface area contributed by atoms with Crippen molar-refractivity contribution in [2.24, 2.45) is 0 Å². The van der Waals surface area contributed by atoms with Crippen molar-refractivity contribution in [2.75, 3.05) is 26.7 Å². The predicted octanol–water partition coefficient (Wildman–Crippen LogP) is 0.0839. The molecule has 5 heteroatoms. The first-order chi connectivity index (χ1) is 9.61. The standard InChI is InChI=1S/C15H21N3O2/c1-11-4-3-5-12(8-11)9-14(19)18-7-6-17-10-13(18)15(20)16-2/h3-5,8,13,17H,6-7,9-10H2,1-2H3,(H,16,20). The van der Waals surface area contributed by atoms with Crippen molar-refractivity contribution in [3.8, 4) is 0 Å². The van der Waals surface area contributed by atoms with E-state index in [1.54, 1.807) is 11.9 Å². The Kier molecular flexibility index (Phi) is 4.74. The Bertz CT molecular complexity index is 502. The summed E-state index contributed by atoms with van der Waals surface area (Å²) in [6.07, 6.45) is 0.342. The fourth-order valence-corrected chi connectivity index (χ4v) is 2.50. The zero-order valence-electron chi connectivity index (χ0n) is 12.0. The monoisotopic (exact) mass is 275 g/mol. The molecule has 2 N–H and O–H groups in total. The lowest BCUT2D eigenvalue weighted by Crippen LogP contribution is -2.59. The Hall–Kier alpha value is -1.88. The SMILES string of the molecule is CNC(=O)C1CNCCN1C(=O)Cc1cccc(C)c1. The second kappa shape index (κ2) is 6.52. The number of carbonyl (C=O) groups excluding carboxylic acids is 2. The minimum Gasteiger partial charge on any atom is -0.357 e. The topological polar surface area (TPSA) is 61.4 Å². The highest BCUT2D eigenvalue weighted by molar-refractivity contribution is 5.88. The highest BCUT2D eigenvalue weighted by Gasteiger charge is 2.31. The van der Waals surface area contributed by atoms with Crippen LogP contribution in [0.3, 0.4) is 0 Å². The normalized spacial score (nSPS) is 18.7. The van der Waals surface area contributed by atoms with Gasteiger partial charge >= 0.3 is 0 Å². The highest BCUT2D eigenvalue weighted by atomic mass is 16.2. The fraction of sp³-hybridized carbons (Fsp3) is 0.467. The van der Waals surface area contributed by atoms with Gasteiger partial charge in [0.15, 0.2) is 0 Å². The number of nitrogens with one attached hydrogen (secondary N) is 2. The molecule has 1 unspecified atom stereocenters. The lowest BCUT2D eigenvalue weighted by atomic mass is 10.1. The first-order valence-electron chi connectivity index (χ1n) is 6.89. The summed E-state index contributed by atoms with van der Waals surface area (Å²) in [6.45, 7) is 3.82. The maximum atomic E-state index is 12.4. The maximum absolute atomic E-state index is 12.4. The number of likely N-dealkylation sites (N-methyl/N-ethyl adjacent to an activating group) is 1. The Morgan fingerprint density at radius 1 is 1.45 bits per heavy atom. The quantitative estimate of drug-likeness (QED) is 0.821. The summed E-state index contributed by atoms with van der Waals surface area (Å²) in [5.41, 5.74) is 2.13. The van der Waals surface area contributed by atoms with Crippen LogP contribution in [0.2, 0.25) is 0 Å². The van der Waals surface area contributed by atoms with Crippen molar-refractivity contribution in [1.82, 2.24) is 15.5 Å². The van der Waals surface area contributed by atoms with Gasteiger partial charge < -0.3 is 15.5 Å². The number of benzene rings is 1. The van der Waals surface area contributed by atoms with E-state index in [4.69, 9.17) is 0 Å². The molecule has 0 bridgehead atoms. The molecule has 1 saturated heterocycles. The van der Waals surface area contributed by atoms with Crippen molar-refractivity contribution < 1.29 is 9.59 Å². The molecule has 108 valence electrons. The lowest BCUT2D eigenvalue weighted by Gasteiger charge is -2.35. The second-order valence-electron chi connectivity index (χ2n) is 5.09. The van der Waals surface area contributed by atoms with Gasteiger partial charge in [0.25, 0.3) is 0 Å². The molecule has 5 nitrogen and oxygen atoms in total. The highest BCUT2D eigenvalue weighted by Crippen LogP contribution is 2.10. The summed E-state index contributed by atoms with van der Waals surface area (Å²) < 4.78 is 0. The number of carbonyl (C=O) groups is 2. The van der Waals surface area contributed by atoms with Crippen LogP contribution in [0.1, 0.15) is 11.1 Å². The van der Waals surface area contributed by atoms with Crippen molar-refractivity contribution in [1.29, 1.82) is 0 Å². The molecule has 1 aliphatic rings. The summed E-state index contributed by atoms with van der Waals surface area (Å²) >= 11 is 0. The van der Waals surface area contributed by atoms with Crippen LogP contribution >= 0.6 is 0 Å². The van der Waals surface area contributed by atoms with Crippen LogP contribution in [0.5, 0.6) is 0 Å². The van der Waals surface area contributed by atoms with Crippen molar-refractivity contribution in [3.05, 3.63) is 35.4 Å². The molecule has 2 rings (SSSR count). The fourth-order valence-electron chi connectivity index (χ4n) is 2.50. The van der Waals surface area contributed by atoms with Gasteiger partial charge in [-0.25, -0.2) is 0 Å². The first-order valence-corrected chi connectivity index (χ1v) is 6.89. The summed E-state index contributed by atoms with van der Waals surface area (Å²) in [6, 6.07) is 7.50. The third-order valence-corrected chi connectivity index (χ3v) is 3.55. The lowest BCUT2D eigenvalue weighted by molar-refractivity contribution is -0.140. The van der Waals surface area contributed by atoms with E-state index in [-0.39, 0.29) is 11.8 Å². The van der Waals surface area contributed by atoms with E-state index in [1.807, 2.05) is 31.2 Å². The predicted molar refractivity (Wildman–Crippen MR) is 77.3 cm³/mol. The van der Waals surface area contributed by atoms with Crippen LogP contribution in [-0.4, -0.2) is 49.4 Å². The van der Waals surface area contributed by atoms with Gasteiger partial charge in [-0.05, 0) is 12.5 Å². The maximum Gasteiger partial charge on any atom is 0.243 e. The first kappa shape index (κ1) is 14.5. The largest absolute Gasteiger partial charge is 0.357 e. The number of aryl methyl sites for hydroxylation is 1. The number of hydrogen-bond donors (Lipinski definition) is 2. The van der Waals surface area contributed by atoms with E-state index >= 15 is 0 Å². The van der Waals surface area contributed by atoms with Gasteiger partial charge in [0.1, 0.15) is 6.04 Å². The zero-order valence-corrected chi connectivity index (χ0v) is 12.0. The summed E-state index contributed by atoms with van der Waals surface area (Å²) in [5.74, 6) is -0.111. The third kappa shape index (κ3) is 3.36. The molecule has 1 atom stereocenters. The van der Waals surface area contributed by atoms with E-state index in [2.05, 4.69) is 10.6 Å². The molecular formula is C15H21N3O2. The Labute approximate surface area is 119 Å². The second-order valence-corrected chi connectivity index (χ2v) is 5.09. The van der Waals surface area contributed by atoms with E-state index < -0.39 is 6.04 Å². The average Bonchev–Trinajstić information content (AvgIpc) is 2.46. The van der Waals surface area contributed by atoms with Crippen molar-refractivity contribution in [2.45, 2.75) is 19.4 Å². The number of nitrogens with zero attached hydrogens (tertiary/aromatic N) is 1. The summed E-state index contributed by atoms with van der Waals surface area (Å²) in [4.78, 5) is 25.9. The Balaban J connectivity index is 2.08. The molecule has 0 aromatic heterocycles. The molecule has 0 radical (unpaired) electrons. The van der Waals surface area contributed by atoms with E-state index in [1.165, 1.54) is 0 Å². The molecule has 0 spiro atoms. The average molecular weight is 275 g/mol. The van der Waals surface area contributed by atoms with Crippen LogP contribution in [0.15, 0.2) is 24.3 Å². The smallest absolute Gasteiger partial charge is 0.243 e. The van der Waals surface area contributed by atoms with Gasteiger partial charge in [0.2, 0.25) is 11.8 Å². The van der Waals surface area contributed by atoms with Crippen molar-refractivity contribution in [3.63, 3.8) is 0 Å². The molecule has 2 amide bonds. The number of amides is 2. The number of piperazine rings is 1. The van der Waals surface area contributed by atoms with E-state index in [0.29, 0.717) is 19.5 Å². The number of hydrogen-bond acceptors (Lipinski definition) is 3. The van der Waals surface area contributed by atoms with Gasteiger partial charge in [-0.3, -0.25) is 9.59 Å². The molecule has 1 heterocycles. The van der Waals surface area contributed by atoms with Crippen LogP contribution < -0.4 is 10.6 Å². The Morgan fingerprint density at radius 2 is 2.25 bits per heavy atom. The molecule has 1 aromatic rings. The molecule has 0 aliphatic carbocycles. The van der Waals surface area contributed by atoms with Crippen LogP contribution in [0, 0.1) is 6.92 Å². The zero-order chi connectivity index (χ0) is 14.5. The number of rotatable bonds is 3. The molecular weight excluding hydrogens is 254 g/mol. The molecule has 20 heavy (non-hydrogen) atoms. The molecule has 1 aliphatic heterocycles. The van der Waals surface area contributed by atoms with Crippen LogP contribution in [0.25, 0.3) is 0 Å². The van der Waals surface area contributed by atoms with Gasteiger partial charge in [0.05, 0.1) is 6.42 Å². The van der Waals surface area contributed by atoms with Gasteiger partial charge in [0, 0.05) is 26.7 Å². The van der Waals surface area contributed by atoms with E-state index in [9.17, 15) is 9.59 Å². The summed E-state index contributed by atoms with van der Waals surface area (Å²) in [7, 11) is 1.60. The van der Waals surface area contributed by atoms with Crippen LogP contribution in [-0.2, 0) is 16.0 Å². The molecule has 0 saturated carbocycles. The Morgan fingerprint density at radius 3 is 2.95 bits per heavy atom. The minimum absolute atomic E-state index is 0.00528. The van der Waals surface area contributed by atoms with Gasteiger partial charge in [-0.15, -0.1) is 0 Å². The van der Waals surface area contributed by atoms with Gasteiger partial charge in [-0.1, -0.05) is 29.8 Å². The van der Waals surface area contributed by atoms with Gasteiger partial charge in [-0.2, -0.15) is 0 Å². The van der Waals surface area contributed by atoms with Crippen LogP contribution in [0.4, 0.5) is 0 Å². The molecule has 1 aromatic carbocycles. The summed E-state index contributed by atoms with van der Waals surface area (Å²) in [5, 5.41) is 5.77.